The lowest BCUT2D eigenvalue weighted by Crippen LogP contribution is -2.58. The van der Waals surface area contributed by atoms with Crippen molar-refractivity contribution in [3.05, 3.63) is 0 Å². The first-order chi connectivity index (χ1) is 19.8. The van der Waals surface area contributed by atoms with Gasteiger partial charge in [-0.05, 0) is 57.8 Å². The molecule has 0 aromatic heterocycles. The molecule has 1 aliphatic carbocycles. The Morgan fingerprint density at radius 3 is 1.91 bits per heavy atom. The highest BCUT2D eigenvalue weighted by Crippen LogP contribution is 2.34. The van der Waals surface area contributed by atoms with E-state index in [1.807, 2.05) is 0 Å². The molecule has 0 spiro atoms. The third-order valence-corrected chi connectivity index (χ3v) is 6.01. The van der Waals surface area contributed by atoms with Crippen LogP contribution in [-0.2, 0) is 28.7 Å². The quantitative estimate of drug-likeness (QED) is 0.205. The van der Waals surface area contributed by atoms with Crippen molar-refractivity contribution in [2.45, 2.75) is 131 Å². The van der Waals surface area contributed by atoms with Gasteiger partial charge in [0, 0.05) is 6.54 Å². The summed E-state index contributed by atoms with van der Waals surface area (Å²) < 4.78 is 5.15. The van der Waals surface area contributed by atoms with Crippen molar-refractivity contribution in [1.82, 2.24) is 20.9 Å². The number of nitrogens with two attached hydrogens (primary N) is 1. The molecule has 0 radical (unpaired) electrons. The molecule has 12 heteroatoms. The molecule has 1 heterocycles. The Labute approximate surface area is 258 Å². The highest BCUT2D eigenvalue weighted by Gasteiger charge is 2.41. The number of carbonyl (C=O) groups excluding carboxylic acids is 6. The average molecular weight is 612 g/mol. The molecule has 2 fully saturated rings. The van der Waals surface area contributed by atoms with Crippen molar-refractivity contribution in [3.8, 4) is 0 Å². The van der Waals surface area contributed by atoms with Gasteiger partial charge in [0.25, 0.3) is 5.91 Å². The molecule has 5 N–H and O–H groups in total. The highest BCUT2D eigenvalue weighted by molar-refractivity contribution is 6.37. The van der Waals surface area contributed by atoms with Crippen molar-refractivity contribution in [3.63, 3.8) is 0 Å². The van der Waals surface area contributed by atoms with Crippen LogP contribution in [-0.4, -0.2) is 77.2 Å². The first-order valence-electron chi connectivity index (χ1n) is 15.5. The number of ether oxygens (including phenoxy) is 1. The molecule has 3 atom stereocenters. The van der Waals surface area contributed by atoms with Gasteiger partial charge in [0.05, 0.1) is 6.04 Å². The Bertz CT molecular complexity index is 939. The summed E-state index contributed by atoms with van der Waals surface area (Å²) >= 11 is 0. The summed E-state index contributed by atoms with van der Waals surface area (Å²) in [6, 6.07) is -3.53. The minimum atomic E-state index is -1.11. The molecular weight excluding hydrogens is 554 g/mol. The minimum absolute atomic E-state index is 0.258. The molecule has 43 heavy (non-hydrogen) atoms. The lowest BCUT2D eigenvalue weighted by Gasteiger charge is -2.31. The van der Waals surface area contributed by atoms with Crippen LogP contribution in [0, 0.1) is 17.8 Å². The molecule has 0 bridgehead atoms. The van der Waals surface area contributed by atoms with Gasteiger partial charge in [0.1, 0.15) is 24.2 Å². The zero-order valence-electron chi connectivity index (χ0n) is 28.0. The standard InChI is InChI=1S/C24H39N5O7.C4H10.C3H8/c1-13(2)18(28-23(35)26-12-17(30)36-24(3,4)5)22(34)29-10-6-7-16(29)21(33)27-15(11-14-8-9-14)19(31)20(25)32;1-4(2)3;1-3-2/h13-16,18H,6-12H2,1-5H3,(H2,25,32)(H,27,33)(H2,26,28,35);4H,1-3H3;3H2,1-2H3. The van der Waals surface area contributed by atoms with E-state index in [0.29, 0.717) is 25.8 Å². The van der Waals surface area contributed by atoms with Crippen LogP contribution in [0.3, 0.4) is 0 Å². The predicted molar refractivity (Wildman–Crippen MR) is 166 cm³/mol. The van der Waals surface area contributed by atoms with Crippen LogP contribution in [0.5, 0.6) is 0 Å². The fourth-order valence-electron chi connectivity index (χ4n) is 4.08. The van der Waals surface area contributed by atoms with Crippen LogP contribution in [0.4, 0.5) is 4.79 Å². The van der Waals surface area contributed by atoms with Gasteiger partial charge in [-0.1, -0.05) is 67.7 Å². The van der Waals surface area contributed by atoms with E-state index in [-0.39, 0.29) is 18.4 Å². The van der Waals surface area contributed by atoms with Gasteiger partial charge in [-0.15, -0.1) is 0 Å². The first-order valence-corrected chi connectivity index (χ1v) is 15.5. The minimum Gasteiger partial charge on any atom is -0.459 e. The summed E-state index contributed by atoms with van der Waals surface area (Å²) in [6.45, 7) is 19.3. The summed E-state index contributed by atoms with van der Waals surface area (Å²) in [7, 11) is 0. The Morgan fingerprint density at radius 1 is 0.930 bits per heavy atom. The van der Waals surface area contributed by atoms with E-state index >= 15 is 0 Å². The zero-order chi connectivity index (χ0) is 33.5. The van der Waals surface area contributed by atoms with E-state index in [1.54, 1.807) is 34.6 Å². The Kier molecular flexibility index (Phi) is 17.8. The molecule has 1 aliphatic heterocycles. The summed E-state index contributed by atoms with van der Waals surface area (Å²) in [6.07, 6.45) is 4.38. The molecule has 5 amide bonds. The van der Waals surface area contributed by atoms with Crippen LogP contribution < -0.4 is 21.7 Å². The maximum atomic E-state index is 13.3. The number of nitrogens with one attached hydrogen (secondary N) is 3. The number of ketones is 1. The number of esters is 1. The SMILES string of the molecule is CC(C)C.CC(C)C(NC(=O)NCC(=O)OC(C)(C)C)C(=O)N1CCCC1C(=O)NC(CC1CC1)C(=O)C(N)=O.CCC. The topological polar surface area (TPSA) is 177 Å². The van der Waals surface area contributed by atoms with Crippen LogP contribution in [0.15, 0.2) is 0 Å². The fourth-order valence-corrected chi connectivity index (χ4v) is 4.08. The van der Waals surface area contributed by atoms with Gasteiger partial charge in [0.15, 0.2) is 0 Å². The number of Topliss-reactive ketones (excluding diaryl/α,β-unsaturated/α-hetero) is 1. The second-order valence-electron chi connectivity index (χ2n) is 13.2. The van der Waals surface area contributed by atoms with Crippen molar-refractivity contribution in [2.24, 2.45) is 23.5 Å². The van der Waals surface area contributed by atoms with Crippen molar-refractivity contribution >= 4 is 35.5 Å². The van der Waals surface area contributed by atoms with Gasteiger partial charge in [0.2, 0.25) is 17.6 Å². The van der Waals surface area contributed by atoms with Gasteiger partial charge < -0.3 is 31.3 Å². The number of likely N-dealkylation sites (tertiary alicyclic amines) is 1. The molecule has 248 valence electrons. The van der Waals surface area contributed by atoms with Gasteiger partial charge in [-0.25, -0.2) is 4.79 Å². The Balaban J connectivity index is 0.00000227. The first kappa shape index (κ1) is 39.8. The van der Waals surface area contributed by atoms with E-state index < -0.39 is 59.2 Å². The number of hydrogen-bond acceptors (Lipinski definition) is 7. The summed E-state index contributed by atoms with van der Waals surface area (Å²) in [5, 5.41) is 7.59. The van der Waals surface area contributed by atoms with Crippen molar-refractivity contribution in [1.29, 1.82) is 0 Å². The van der Waals surface area contributed by atoms with Crippen molar-refractivity contribution < 1.29 is 33.5 Å². The normalized spacial score (nSPS) is 17.4. The molecule has 1 saturated heterocycles. The maximum Gasteiger partial charge on any atom is 0.325 e. The fraction of sp³-hybridized carbons (Fsp3) is 0.806. The summed E-state index contributed by atoms with van der Waals surface area (Å²) in [4.78, 5) is 75.7. The zero-order valence-corrected chi connectivity index (χ0v) is 28.0. The number of nitrogens with zero attached hydrogens (tertiary/aromatic N) is 1. The number of rotatable bonds is 11. The molecule has 2 rings (SSSR count). The molecular formula is C31H57N5O7. The van der Waals surface area contributed by atoms with Gasteiger partial charge >= 0.3 is 12.0 Å². The van der Waals surface area contributed by atoms with E-state index in [1.165, 1.54) is 11.3 Å². The smallest absolute Gasteiger partial charge is 0.325 e. The Hall–Kier alpha value is -3.18. The van der Waals surface area contributed by atoms with Gasteiger partial charge in [-0.3, -0.25) is 24.0 Å². The largest absolute Gasteiger partial charge is 0.459 e. The monoisotopic (exact) mass is 611 g/mol. The van der Waals surface area contributed by atoms with Crippen LogP contribution in [0.2, 0.25) is 0 Å². The highest BCUT2D eigenvalue weighted by atomic mass is 16.6. The van der Waals surface area contributed by atoms with E-state index in [4.69, 9.17) is 10.5 Å². The van der Waals surface area contributed by atoms with Crippen LogP contribution in [0.25, 0.3) is 0 Å². The van der Waals surface area contributed by atoms with Gasteiger partial charge in [-0.2, -0.15) is 0 Å². The third kappa shape index (κ3) is 16.9. The number of carbonyl (C=O) groups is 6. The molecule has 3 unspecified atom stereocenters. The molecule has 1 saturated carbocycles. The van der Waals surface area contributed by atoms with Crippen LogP contribution in [0.1, 0.15) is 108 Å². The van der Waals surface area contributed by atoms with Crippen LogP contribution >= 0.6 is 0 Å². The maximum absolute atomic E-state index is 13.3. The lowest BCUT2D eigenvalue weighted by molar-refractivity contribution is -0.153. The van der Waals surface area contributed by atoms with E-state index in [0.717, 1.165) is 18.8 Å². The Morgan fingerprint density at radius 2 is 1.47 bits per heavy atom. The molecule has 2 aliphatic rings. The number of urea groups is 1. The summed E-state index contributed by atoms with van der Waals surface area (Å²) in [5.74, 6) is -2.78. The predicted octanol–water partition coefficient (Wildman–Crippen LogP) is 3.06. The third-order valence-electron chi connectivity index (χ3n) is 6.01. The van der Waals surface area contributed by atoms with E-state index in [2.05, 4.69) is 50.6 Å². The molecule has 12 nitrogen and oxygen atoms in total. The second kappa shape index (κ2) is 19.2. The molecule has 0 aromatic carbocycles. The second-order valence-corrected chi connectivity index (χ2v) is 13.2. The number of amides is 5. The average Bonchev–Trinajstić information content (AvgIpc) is 3.54. The van der Waals surface area contributed by atoms with Crippen molar-refractivity contribution in [2.75, 3.05) is 13.1 Å². The van der Waals surface area contributed by atoms with E-state index in [9.17, 15) is 28.8 Å². The lowest BCUT2D eigenvalue weighted by atomic mass is 10.0. The summed E-state index contributed by atoms with van der Waals surface area (Å²) in [5.41, 5.74) is 4.45. The molecule has 0 aromatic rings. The number of hydrogen-bond donors (Lipinski definition) is 4. The number of primary amides is 1.